The first kappa shape index (κ1) is 14.6. The van der Waals surface area contributed by atoms with E-state index >= 15 is 0 Å². The van der Waals surface area contributed by atoms with Crippen molar-refractivity contribution in [2.45, 2.75) is 51.3 Å². The molecule has 2 heteroatoms. The van der Waals surface area contributed by atoms with E-state index in [1.54, 1.807) is 0 Å². The second kappa shape index (κ2) is 7.78. The van der Waals surface area contributed by atoms with Crippen molar-refractivity contribution in [3.8, 4) is 0 Å². The molecule has 0 spiro atoms. The molecule has 1 aromatic rings. The van der Waals surface area contributed by atoms with Crippen LogP contribution in [0.1, 0.15) is 49.5 Å². The Morgan fingerprint density at radius 2 is 1.82 bits per heavy atom. The molecule has 17 heavy (non-hydrogen) atoms. The van der Waals surface area contributed by atoms with Gasteiger partial charge in [-0.15, -0.1) is 0 Å². The minimum Gasteiger partial charge on any atom is -0.327 e. The summed E-state index contributed by atoms with van der Waals surface area (Å²) in [6.45, 7) is 6.48. The first-order valence-corrected chi connectivity index (χ1v) is 7.63. The van der Waals surface area contributed by atoms with Gasteiger partial charge in [0.1, 0.15) is 0 Å². The summed E-state index contributed by atoms with van der Waals surface area (Å²) in [4.78, 5) is 0. The third-order valence-electron chi connectivity index (χ3n) is 2.93. The molecule has 2 N–H and O–H groups in total. The molecule has 0 aliphatic heterocycles. The SMILES string of the molecule is CCCCCSC(c1ccc(C)cc1)C(C)N. The molecule has 2 unspecified atom stereocenters. The highest BCUT2D eigenvalue weighted by Crippen LogP contribution is 2.32. The number of thioether (sulfide) groups is 1. The highest BCUT2D eigenvalue weighted by molar-refractivity contribution is 7.99. The third-order valence-corrected chi connectivity index (χ3v) is 4.51. The molecule has 1 rings (SSSR count). The molecule has 0 saturated carbocycles. The fourth-order valence-electron chi connectivity index (χ4n) is 1.87. The van der Waals surface area contributed by atoms with Gasteiger partial charge >= 0.3 is 0 Å². The quantitative estimate of drug-likeness (QED) is 0.731. The smallest absolute Gasteiger partial charge is 0.0445 e. The Morgan fingerprint density at radius 3 is 2.35 bits per heavy atom. The molecule has 0 aromatic heterocycles. The molecule has 0 bridgehead atoms. The molecule has 0 amide bonds. The van der Waals surface area contributed by atoms with Crippen LogP contribution in [-0.4, -0.2) is 11.8 Å². The van der Waals surface area contributed by atoms with Gasteiger partial charge in [0.05, 0.1) is 0 Å². The summed E-state index contributed by atoms with van der Waals surface area (Å²) in [6, 6.07) is 9.00. The van der Waals surface area contributed by atoms with E-state index in [2.05, 4.69) is 45.0 Å². The van der Waals surface area contributed by atoms with Crippen molar-refractivity contribution in [2.75, 3.05) is 5.75 Å². The average molecular weight is 251 g/mol. The number of rotatable bonds is 7. The van der Waals surface area contributed by atoms with Gasteiger partial charge < -0.3 is 5.73 Å². The molecule has 0 aliphatic carbocycles. The molecule has 0 aliphatic rings. The number of benzene rings is 1. The van der Waals surface area contributed by atoms with E-state index in [-0.39, 0.29) is 6.04 Å². The maximum Gasteiger partial charge on any atom is 0.0445 e. The van der Waals surface area contributed by atoms with Crippen LogP contribution >= 0.6 is 11.8 Å². The van der Waals surface area contributed by atoms with Gasteiger partial charge in [0.25, 0.3) is 0 Å². The van der Waals surface area contributed by atoms with Crippen molar-refractivity contribution in [1.29, 1.82) is 0 Å². The van der Waals surface area contributed by atoms with Gasteiger partial charge in [-0.1, -0.05) is 49.6 Å². The van der Waals surface area contributed by atoms with Crippen LogP contribution in [0.4, 0.5) is 0 Å². The summed E-state index contributed by atoms with van der Waals surface area (Å²) in [7, 11) is 0. The summed E-state index contributed by atoms with van der Waals surface area (Å²) in [6.07, 6.45) is 3.91. The monoisotopic (exact) mass is 251 g/mol. The second-order valence-electron chi connectivity index (χ2n) is 4.77. The predicted molar refractivity (Wildman–Crippen MR) is 79.6 cm³/mol. The van der Waals surface area contributed by atoms with Gasteiger partial charge in [-0.2, -0.15) is 11.8 Å². The van der Waals surface area contributed by atoms with E-state index in [0.29, 0.717) is 5.25 Å². The maximum atomic E-state index is 6.10. The largest absolute Gasteiger partial charge is 0.327 e. The summed E-state index contributed by atoms with van der Waals surface area (Å²) >= 11 is 2.00. The lowest BCUT2D eigenvalue weighted by molar-refractivity contribution is 0.716. The zero-order valence-electron chi connectivity index (χ0n) is 11.3. The van der Waals surface area contributed by atoms with Gasteiger partial charge in [0.2, 0.25) is 0 Å². The second-order valence-corrected chi connectivity index (χ2v) is 6.02. The van der Waals surface area contributed by atoms with Crippen molar-refractivity contribution in [3.63, 3.8) is 0 Å². The van der Waals surface area contributed by atoms with Crippen molar-refractivity contribution >= 4 is 11.8 Å². The van der Waals surface area contributed by atoms with E-state index in [9.17, 15) is 0 Å². The summed E-state index contributed by atoms with van der Waals surface area (Å²) < 4.78 is 0. The first-order valence-electron chi connectivity index (χ1n) is 6.59. The highest BCUT2D eigenvalue weighted by Gasteiger charge is 2.16. The van der Waals surface area contributed by atoms with Crippen LogP contribution in [0.2, 0.25) is 0 Å². The van der Waals surface area contributed by atoms with Crippen LogP contribution in [0.3, 0.4) is 0 Å². The average Bonchev–Trinajstić information content (AvgIpc) is 2.30. The molecular weight excluding hydrogens is 226 g/mol. The molecule has 1 nitrogen and oxygen atoms in total. The number of unbranched alkanes of at least 4 members (excludes halogenated alkanes) is 2. The van der Waals surface area contributed by atoms with E-state index < -0.39 is 0 Å². The van der Waals surface area contributed by atoms with Gasteiger partial charge in [-0.3, -0.25) is 0 Å². The summed E-state index contributed by atoms with van der Waals surface area (Å²) in [5, 5.41) is 0.437. The summed E-state index contributed by atoms with van der Waals surface area (Å²) in [5.74, 6) is 1.22. The van der Waals surface area contributed by atoms with Crippen LogP contribution in [-0.2, 0) is 0 Å². The highest BCUT2D eigenvalue weighted by atomic mass is 32.2. The minimum atomic E-state index is 0.212. The van der Waals surface area contributed by atoms with Crippen molar-refractivity contribution in [2.24, 2.45) is 5.73 Å². The van der Waals surface area contributed by atoms with Gasteiger partial charge in [0.15, 0.2) is 0 Å². The fourth-order valence-corrected chi connectivity index (χ4v) is 3.15. The van der Waals surface area contributed by atoms with Gasteiger partial charge in [-0.05, 0) is 31.6 Å². The lowest BCUT2D eigenvalue weighted by Gasteiger charge is -2.21. The third kappa shape index (κ3) is 5.13. The Kier molecular flexibility index (Phi) is 6.68. The Bertz CT molecular complexity index is 305. The molecule has 0 radical (unpaired) electrons. The van der Waals surface area contributed by atoms with E-state index in [1.807, 2.05) is 11.8 Å². The Morgan fingerprint density at radius 1 is 1.18 bits per heavy atom. The van der Waals surface area contributed by atoms with Crippen molar-refractivity contribution in [1.82, 2.24) is 0 Å². The first-order chi connectivity index (χ1) is 8.15. The molecule has 0 fully saturated rings. The number of hydrogen-bond donors (Lipinski definition) is 1. The topological polar surface area (TPSA) is 26.0 Å². The maximum absolute atomic E-state index is 6.10. The lowest BCUT2D eigenvalue weighted by Crippen LogP contribution is -2.22. The van der Waals surface area contributed by atoms with Crippen LogP contribution in [0.15, 0.2) is 24.3 Å². The molecule has 96 valence electrons. The van der Waals surface area contributed by atoms with Crippen molar-refractivity contribution < 1.29 is 0 Å². The van der Waals surface area contributed by atoms with Crippen molar-refractivity contribution in [3.05, 3.63) is 35.4 Å². The van der Waals surface area contributed by atoms with Crippen LogP contribution in [0.5, 0.6) is 0 Å². The minimum absolute atomic E-state index is 0.212. The van der Waals surface area contributed by atoms with Gasteiger partial charge in [-0.25, -0.2) is 0 Å². The van der Waals surface area contributed by atoms with E-state index in [0.717, 1.165) is 0 Å². The standard InChI is InChI=1S/C15H25NS/c1-4-5-6-11-17-15(13(3)16)14-9-7-12(2)8-10-14/h7-10,13,15H,4-6,11,16H2,1-3H3. The molecular formula is C15H25NS. The summed E-state index contributed by atoms with van der Waals surface area (Å²) in [5.41, 5.74) is 8.78. The molecule has 0 heterocycles. The van der Waals surface area contributed by atoms with E-state index in [1.165, 1.54) is 36.1 Å². The normalized spacial score (nSPS) is 14.6. The fraction of sp³-hybridized carbons (Fsp3) is 0.600. The van der Waals surface area contributed by atoms with Crippen LogP contribution in [0, 0.1) is 6.92 Å². The molecule has 0 saturated heterocycles. The van der Waals surface area contributed by atoms with Crippen LogP contribution in [0.25, 0.3) is 0 Å². The zero-order valence-corrected chi connectivity index (χ0v) is 12.1. The number of hydrogen-bond acceptors (Lipinski definition) is 2. The number of aryl methyl sites for hydroxylation is 1. The zero-order chi connectivity index (χ0) is 12.7. The Balaban J connectivity index is 2.56. The molecule has 1 aromatic carbocycles. The van der Waals surface area contributed by atoms with E-state index in [4.69, 9.17) is 5.73 Å². The lowest BCUT2D eigenvalue weighted by atomic mass is 10.1. The van der Waals surface area contributed by atoms with Crippen LogP contribution < -0.4 is 5.73 Å². The Hall–Kier alpha value is -0.470. The Labute approximate surface area is 110 Å². The molecule has 2 atom stereocenters. The predicted octanol–water partition coefficient (Wildman–Crippen LogP) is 4.31. The number of nitrogens with two attached hydrogens (primary N) is 1. The van der Waals surface area contributed by atoms with Gasteiger partial charge in [0, 0.05) is 11.3 Å².